The molecule has 132 valence electrons. The molecule has 0 spiro atoms. The lowest BCUT2D eigenvalue weighted by Crippen LogP contribution is -2.10. The van der Waals surface area contributed by atoms with E-state index >= 15 is 0 Å². The van der Waals surface area contributed by atoms with Crippen LogP contribution in [0, 0.1) is 10.1 Å². The number of hydrogen-bond donors (Lipinski definition) is 2. The van der Waals surface area contributed by atoms with E-state index in [0.29, 0.717) is 17.2 Å². The number of benzene rings is 1. The van der Waals surface area contributed by atoms with Crippen molar-refractivity contribution in [2.24, 2.45) is 0 Å². The highest BCUT2D eigenvalue weighted by Crippen LogP contribution is 2.60. The zero-order chi connectivity index (χ0) is 18.1. The number of halogens is 3. The summed E-state index contributed by atoms with van der Waals surface area (Å²) < 4.78 is 40.4. The summed E-state index contributed by atoms with van der Waals surface area (Å²) >= 11 is 0. The van der Waals surface area contributed by atoms with Crippen molar-refractivity contribution in [1.82, 2.24) is 4.57 Å². The second-order valence-corrected chi connectivity index (χ2v) is 6.47. The topological polar surface area (TPSA) is 88.5 Å². The molecule has 0 saturated heterocycles. The van der Waals surface area contributed by atoms with E-state index in [0.717, 1.165) is 36.0 Å². The van der Waals surface area contributed by atoms with Crippen LogP contribution in [-0.4, -0.2) is 19.7 Å². The van der Waals surface area contributed by atoms with Crippen LogP contribution < -0.4 is 0 Å². The molecule has 4 rings (SSSR count). The molecule has 1 fully saturated rings. The van der Waals surface area contributed by atoms with Crippen LogP contribution in [0.3, 0.4) is 0 Å². The van der Waals surface area contributed by atoms with Crippen LogP contribution in [0.15, 0.2) is 18.2 Å². The lowest BCUT2D eigenvalue weighted by molar-refractivity contribution is -0.388. The summed E-state index contributed by atoms with van der Waals surface area (Å²) in [5.74, 6) is -0.400. The molecule has 1 saturated carbocycles. The van der Waals surface area contributed by atoms with Gasteiger partial charge in [-0.15, -0.1) is 0 Å². The molecule has 0 radical (unpaired) electrons. The maximum Gasteiger partial charge on any atom is 0.423 e. The molecule has 1 aromatic heterocycles. The molecule has 1 aromatic carbocycles. The Balaban J connectivity index is 1.91. The van der Waals surface area contributed by atoms with Crippen molar-refractivity contribution in [3.8, 4) is 17.4 Å². The number of aromatic hydroxyl groups is 2. The number of nitro benzene ring substituents is 1. The molecule has 2 unspecified atom stereocenters. The third-order valence-electron chi connectivity index (χ3n) is 5.19. The third kappa shape index (κ3) is 2.11. The minimum absolute atomic E-state index is 0.0901. The van der Waals surface area contributed by atoms with Gasteiger partial charge in [0.1, 0.15) is 5.56 Å². The Morgan fingerprint density at radius 3 is 2.16 bits per heavy atom. The van der Waals surface area contributed by atoms with E-state index in [1.807, 2.05) is 0 Å². The van der Waals surface area contributed by atoms with E-state index in [2.05, 4.69) is 0 Å². The molecule has 25 heavy (non-hydrogen) atoms. The van der Waals surface area contributed by atoms with Gasteiger partial charge >= 0.3 is 6.18 Å². The van der Waals surface area contributed by atoms with Gasteiger partial charge in [0.15, 0.2) is 0 Å². The molecular weight excluding hydrogens is 341 g/mol. The molecule has 2 N–H and O–H groups in total. The maximum atomic E-state index is 13.2. The molecule has 1 heterocycles. The molecule has 2 aliphatic rings. The summed E-state index contributed by atoms with van der Waals surface area (Å²) in [5, 5.41) is 31.8. The van der Waals surface area contributed by atoms with E-state index in [4.69, 9.17) is 0 Å². The first-order valence-electron chi connectivity index (χ1n) is 7.72. The van der Waals surface area contributed by atoms with Gasteiger partial charge in [-0.1, -0.05) is 0 Å². The Morgan fingerprint density at radius 2 is 1.68 bits per heavy atom. The first-order chi connectivity index (χ1) is 11.7. The fraction of sp³-hybridized carbons (Fsp3) is 0.375. The van der Waals surface area contributed by atoms with Crippen LogP contribution in [0.2, 0.25) is 0 Å². The first kappa shape index (κ1) is 15.8. The standard InChI is InChI=1S/C16H13F3N2O4/c17-16(18,19)10-6-9(3-4-11(10)21(24)25)20-14(22)12-7-1-2-8(5-7)13(12)15(20)23/h3-4,6-8,22-23H,1-2,5H2. The fourth-order valence-electron chi connectivity index (χ4n) is 4.19. The van der Waals surface area contributed by atoms with Crippen molar-refractivity contribution in [2.45, 2.75) is 37.3 Å². The molecule has 0 aliphatic heterocycles. The predicted octanol–water partition coefficient (Wildman–Crippen LogP) is 4.18. The van der Waals surface area contributed by atoms with Gasteiger partial charge in [0.2, 0.25) is 11.8 Å². The summed E-state index contributed by atoms with van der Waals surface area (Å²) in [6.07, 6.45) is -2.38. The average molecular weight is 354 g/mol. The van der Waals surface area contributed by atoms with Crippen LogP contribution in [0.5, 0.6) is 11.8 Å². The smallest absolute Gasteiger partial charge is 0.423 e. The summed E-state index contributed by atoms with van der Waals surface area (Å²) in [4.78, 5) is 9.75. The SMILES string of the molecule is O=[N+]([O-])c1ccc(-n2c(O)c3c(c2O)C2CCC3C2)cc1C(F)(F)F. The van der Waals surface area contributed by atoms with Crippen molar-refractivity contribution in [3.05, 3.63) is 45.0 Å². The zero-order valence-corrected chi connectivity index (χ0v) is 12.7. The van der Waals surface area contributed by atoms with Crippen LogP contribution in [0.1, 0.15) is 47.8 Å². The summed E-state index contributed by atoms with van der Waals surface area (Å²) in [5.41, 5.74) is -1.50. The van der Waals surface area contributed by atoms with E-state index in [-0.39, 0.29) is 29.3 Å². The van der Waals surface area contributed by atoms with Gasteiger partial charge in [-0.2, -0.15) is 13.2 Å². The Labute approximate surface area is 139 Å². The first-order valence-corrected chi connectivity index (χ1v) is 7.72. The Morgan fingerprint density at radius 1 is 1.12 bits per heavy atom. The van der Waals surface area contributed by atoms with Gasteiger partial charge in [0.05, 0.1) is 10.6 Å². The largest absolute Gasteiger partial charge is 0.494 e. The van der Waals surface area contributed by atoms with Crippen molar-refractivity contribution in [3.63, 3.8) is 0 Å². The third-order valence-corrected chi connectivity index (χ3v) is 5.19. The lowest BCUT2D eigenvalue weighted by Gasteiger charge is -2.13. The molecule has 0 amide bonds. The van der Waals surface area contributed by atoms with Gasteiger partial charge in [-0.05, 0) is 43.2 Å². The normalized spacial score (nSPS) is 21.6. The van der Waals surface area contributed by atoms with Gasteiger partial charge in [-0.3, -0.25) is 14.7 Å². The number of hydrogen-bond acceptors (Lipinski definition) is 4. The molecule has 2 atom stereocenters. The van der Waals surface area contributed by atoms with Crippen LogP contribution >= 0.6 is 0 Å². The van der Waals surface area contributed by atoms with Gasteiger partial charge in [0.25, 0.3) is 5.69 Å². The number of aromatic nitrogens is 1. The summed E-state index contributed by atoms with van der Waals surface area (Å²) in [7, 11) is 0. The Hall–Kier alpha value is -2.71. The molecule has 2 bridgehead atoms. The summed E-state index contributed by atoms with van der Waals surface area (Å²) in [6.45, 7) is 0. The van der Waals surface area contributed by atoms with Gasteiger partial charge < -0.3 is 10.2 Å². The number of fused-ring (bicyclic) bond motifs is 5. The number of alkyl halides is 3. The highest BCUT2D eigenvalue weighted by molar-refractivity contribution is 5.61. The van der Waals surface area contributed by atoms with Gasteiger partial charge in [0, 0.05) is 17.2 Å². The van der Waals surface area contributed by atoms with Crippen molar-refractivity contribution in [2.75, 3.05) is 0 Å². The van der Waals surface area contributed by atoms with Crippen molar-refractivity contribution < 1.29 is 28.3 Å². The number of nitro groups is 1. The van der Waals surface area contributed by atoms with E-state index in [1.165, 1.54) is 0 Å². The number of nitrogens with zero attached hydrogens (tertiary/aromatic N) is 2. The average Bonchev–Trinajstić information content (AvgIpc) is 3.20. The van der Waals surface area contributed by atoms with Crippen LogP contribution in [-0.2, 0) is 6.18 Å². The van der Waals surface area contributed by atoms with E-state index < -0.39 is 22.4 Å². The van der Waals surface area contributed by atoms with Crippen molar-refractivity contribution in [1.29, 1.82) is 0 Å². The van der Waals surface area contributed by atoms with Crippen LogP contribution in [0.25, 0.3) is 5.69 Å². The highest BCUT2D eigenvalue weighted by Gasteiger charge is 2.45. The Bertz CT molecular complexity index is 870. The number of rotatable bonds is 2. The lowest BCUT2D eigenvalue weighted by atomic mass is 9.95. The Kier molecular flexibility index (Phi) is 3.10. The monoisotopic (exact) mass is 354 g/mol. The van der Waals surface area contributed by atoms with Crippen molar-refractivity contribution >= 4 is 5.69 Å². The molecule has 9 heteroatoms. The minimum Gasteiger partial charge on any atom is -0.494 e. The van der Waals surface area contributed by atoms with E-state index in [9.17, 15) is 33.5 Å². The maximum absolute atomic E-state index is 13.2. The fourth-order valence-corrected chi connectivity index (χ4v) is 4.19. The quantitative estimate of drug-likeness (QED) is 0.625. The minimum atomic E-state index is -4.93. The molecular formula is C16H13F3N2O4. The highest BCUT2D eigenvalue weighted by atomic mass is 19.4. The van der Waals surface area contributed by atoms with Crippen LogP contribution in [0.4, 0.5) is 18.9 Å². The molecule has 6 nitrogen and oxygen atoms in total. The predicted molar refractivity (Wildman–Crippen MR) is 80.1 cm³/mol. The second kappa shape index (κ2) is 4.90. The molecule has 2 aliphatic carbocycles. The second-order valence-electron chi connectivity index (χ2n) is 6.47. The van der Waals surface area contributed by atoms with E-state index in [1.54, 1.807) is 0 Å². The molecule has 2 aromatic rings. The summed E-state index contributed by atoms with van der Waals surface area (Å²) in [6, 6.07) is 2.40. The zero-order valence-electron chi connectivity index (χ0n) is 12.7. The van der Waals surface area contributed by atoms with Gasteiger partial charge in [-0.25, -0.2) is 0 Å².